The molecule has 0 atom stereocenters. The van der Waals surface area contributed by atoms with Crippen molar-refractivity contribution >= 4 is 15.7 Å². The van der Waals surface area contributed by atoms with Crippen LogP contribution in [0, 0.1) is 12.3 Å². The summed E-state index contributed by atoms with van der Waals surface area (Å²) < 4.78 is 28.2. The molecule has 3 heterocycles. The van der Waals surface area contributed by atoms with E-state index < -0.39 is 10.0 Å². The molecule has 3 rings (SSSR count). The number of aromatic nitrogens is 3. The van der Waals surface area contributed by atoms with Crippen LogP contribution in [0.25, 0.3) is 5.65 Å². The van der Waals surface area contributed by atoms with Gasteiger partial charge in [-0.25, -0.2) is 12.7 Å². The zero-order chi connectivity index (χ0) is 16.3. The number of sulfonamides is 1. The van der Waals surface area contributed by atoms with E-state index in [0.717, 1.165) is 24.3 Å². The van der Waals surface area contributed by atoms with Gasteiger partial charge in [-0.1, -0.05) is 6.07 Å². The van der Waals surface area contributed by atoms with Crippen LogP contribution in [-0.2, 0) is 10.0 Å². The lowest BCUT2D eigenvalue weighted by atomic mass is 9.97. The molecular formula is C16H20N4O2S. The zero-order valence-corrected chi connectivity index (χ0v) is 13.7. The largest absolute Gasteiger partial charge is 0.286 e. The van der Waals surface area contributed by atoms with Gasteiger partial charge in [-0.05, 0) is 31.4 Å². The molecule has 0 radical (unpaired) electrons. The molecule has 1 aliphatic rings. The lowest BCUT2D eigenvalue weighted by Gasteiger charge is -2.30. The molecule has 2 aromatic rings. The Balaban J connectivity index is 1.66. The fourth-order valence-corrected chi connectivity index (χ4v) is 4.55. The molecule has 1 saturated heterocycles. The molecule has 1 fully saturated rings. The van der Waals surface area contributed by atoms with Crippen molar-refractivity contribution < 1.29 is 8.42 Å². The van der Waals surface area contributed by atoms with E-state index in [2.05, 4.69) is 16.1 Å². The van der Waals surface area contributed by atoms with Gasteiger partial charge in [-0.15, -0.1) is 22.5 Å². The topological polar surface area (TPSA) is 67.6 Å². The molecule has 6 nitrogen and oxygen atoms in total. The van der Waals surface area contributed by atoms with Crippen LogP contribution in [0.5, 0.6) is 0 Å². The SMILES string of the molecule is C#CCCCS(=O)(=O)N1CCC(c2nnc3ccccn23)CC1. The number of hydrogen-bond acceptors (Lipinski definition) is 4. The Morgan fingerprint density at radius 1 is 1.26 bits per heavy atom. The minimum Gasteiger partial charge on any atom is -0.286 e. The second-order valence-electron chi connectivity index (χ2n) is 5.78. The third-order valence-corrected chi connectivity index (χ3v) is 6.23. The number of unbranched alkanes of at least 4 members (excludes halogenated alkanes) is 1. The summed E-state index contributed by atoms with van der Waals surface area (Å²) in [5, 5.41) is 8.46. The first kappa shape index (κ1) is 16.0. The number of hydrogen-bond donors (Lipinski definition) is 0. The van der Waals surface area contributed by atoms with Crippen LogP contribution < -0.4 is 0 Å². The van der Waals surface area contributed by atoms with Gasteiger partial charge >= 0.3 is 0 Å². The van der Waals surface area contributed by atoms with Crippen LogP contribution in [-0.4, -0.2) is 46.2 Å². The summed E-state index contributed by atoms with van der Waals surface area (Å²) in [4.78, 5) is 0. The second kappa shape index (κ2) is 6.69. The summed E-state index contributed by atoms with van der Waals surface area (Å²) in [6.07, 6.45) is 9.69. The zero-order valence-electron chi connectivity index (χ0n) is 12.9. The van der Waals surface area contributed by atoms with Crippen molar-refractivity contribution in [3.05, 3.63) is 30.2 Å². The highest BCUT2D eigenvalue weighted by atomic mass is 32.2. The first-order chi connectivity index (χ1) is 11.1. The number of rotatable bonds is 5. The van der Waals surface area contributed by atoms with Gasteiger partial charge in [0.05, 0.1) is 5.75 Å². The van der Waals surface area contributed by atoms with E-state index in [9.17, 15) is 8.42 Å². The molecule has 0 saturated carbocycles. The van der Waals surface area contributed by atoms with Crippen molar-refractivity contribution in [1.29, 1.82) is 0 Å². The summed E-state index contributed by atoms with van der Waals surface area (Å²) in [7, 11) is -3.20. The molecule has 0 spiro atoms. The Hall–Kier alpha value is -1.91. The average Bonchev–Trinajstić information content (AvgIpc) is 2.99. The van der Waals surface area contributed by atoms with Crippen LogP contribution >= 0.6 is 0 Å². The van der Waals surface area contributed by atoms with E-state index in [-0.39, 0.29) is 11.7 Å². The number of fused-ring (bicyclic) bond motifs is 1. The maximum absolute atomic E-state index is 12.3. The third-order valence-electron chi connectivity index (χ3n) is 4.28. The molecule has 0 N–H and O–H groups in total. The van der Waals surface area contributed by atoms with Crippen molar-refractivity contribution in [3.8, 4) is 12.3 Å². The van der Waals surface area contributed by atoms with Crippen LogP contribution in [0.2, 0.25) is 0 Å². The van der Waals surface area contributed by atoms with Gasteiger partial charge in [0.15, 0.2) is 5.65 Å². The predicted octanol–water partition coefficient (Wildman–Crippen LogP) is 1.65. The average molecular weight is 332 g/mol. The lowest BCUT2D eigenvalue weighted by molar-refractivity contribution is 0.312. The van der Waals surface area contributed by atoms with E-state index in [1.54, 1.807) is 4.31 Å². The summed E-state index contributed by atoms with van der Waals surface area (Å²) in [6, 6.07) is 5.80. The molecule has 7 heteroatoms. The Morgan fingerprint density at radius 2 is 2.04 bits per heavy atom. The van der Waals surface area contributed by atoms with Crippen molar-refractivity contribution in [3.63, 3.8) is 0 Å². The molecule has 0 unspecified atom stereocenters. The molecule has 0 bridgehead atoms. The molecule has 0 amide bonds. The maximum atomic E-state index is 12.3. The van der Waals surface area contributed by atoms with Crippen molar-refractivity contribution in [1.82, 2.24) is 18.9 Å². The normalized spacial score (nSPS) is 17.3. The molecule has 2 aromatic heterocycles. The number of pyridine rings is 1. The van der Waals surface area contributed by atoms with E-state index in [1.165, 1.54) is 0 Å². The van der Waals surface area contributed by atoms with Gasteiger partial charge in [-0.2, -0.15) is 0 Å². The molecule has 0 aromatic carbocycles. The van der Waals surface area contributed by atoms with Gasteiger partial charge in [0.1, 0.15) is 5.82 Å². The highest BCUT2D eigenvalue weighted by Crippen LogP contribution is 2.28. The van der Waals surface area contributed by atoms with Gasteiger partial charge < -0.3 is 0 Å². The maximum Gasteiger partial charge on any atom is 0.214 e. The fraction of sp³-hybridized carbons (Fsp3) is 0.500. The van der Waals surface area contributed by atoms with Gasteiger partial charge in [0.25, 0.3) is 0 Å². The van der Waals surface area contributed by atoms with E-state index in [0.29, 0.717) is 25.9 Å². The lowest BCUT2D eigenvalue weighted by Crippen LogP contribution is -2.39. The first-order valence-electron chi connectivity index (χ1n) is 7.83. The molecule has 122 valence electrons. The Labute approximate surface area is 136 Å². The molecule has 1 aliphatic heterocycles. The third kappa shape index (κ3) is 3.38. The molecule has 0 aliphatic carbocycles. The van der Waals surface area contributed by atoms with E-state index in [4.69, 9.17) is 6.42 Å². The minimum atomic E-state index is -3.20. The van der Waals surface area contributed by atoms with Crippen molar-refractivity contribution in [2.75, 3.05) is 18.8 Å². The smallest absolute Gasteiger partial charge is 0.214 e. The number of terminal acetylenes is 1. The highest BCUT2D eigenvalue weighted by Gasteiger charge is 2.30. The quantitative estimate of drug-likeness (QED) is 0.617. The summed E-state index contributed by atoms with van der Waals surface area (Å²) >= 11 is 0. The monoisotopic (exact) mass is 332 g/mol. The Morgan fingerprint density at radius 3 is 2.78 bits per heavy atom. The van der Waals surface area contributed by atoms with E-state index in [1.807, 2.05) is 28.8 Å². The van der Waals surface area contributed by atoms with Gasteiger partial charge in [0.2, 0.25) is 10.0 Å². The van der Waals surface area contributed by atoms with Crippen molar-refractivity contribution in [2.24, 2.45) is 0 Å². The summed E-state index contributed by atoms with van der Waals surface area (Å²) in [6.45, 7) is 1.07. The Kier molecular flexibility index (Phi) is 4.64. The summed E-state index contributed by atoms with van der Waals surface area (Å²) in [5.41, 5.74) is 0.826. The predicted molar refractivity (Wildman–Crippen MR) is 88.4 cm³/mol. The van der Waals surface area contributed by atoms with Crippen LogP contribution in [0.4, 0.5) is 0 Å². The minimum absolute atomic E-state index is 0.135. The molecular weight excluding hydrogens is 312 g/mol. The van der Waals surface area contributed by atoms with Gasteiger partial charge in [0, 0.05) is 31.6 Å². The number of nitrogens with zero attached hydrogens (tertiary/aromatic N) is 4. The van der Waals surface area contributed by atoms with Crippen LogP contribution in [0.1, 0.15) is 37.4 Å². The molecule has 23 heavy (non-hydrogen) atoms. The van der Waals surface area contributed by atoms with Crippen molar-refractivity contribution in [2.45, 2.75) is 31.6 Å². The first-order valence-corrected chi connectivity index (χ1v) is 9.43. The van der Waals surface area contributed by atoms with Crippen LogP contribution in [0.3, 0.4) is 0 Å². The second-order valence-corrected chi connectivity index (χ2v) is 7.87. The highest BCUT2D eigenvalue weighted by molar-refractivity contribution is 7.89. The van der Waals surface area contributed by atoms with Gasteiger partial charge in [-0.3, -0.25) is 4.40 Å². The fourth-order valence-electron chi connectivity index (χ4n) is 3.02. The van der Waals surface area contributed by atoms with E-state index >= 15 is 0 Å². The Bertz CT molecular complexity index is 814. The number of piperidine rings is 1. The summed E-state index contributed by atoms with van der Waals surface area (Å²) in [5.74, 6) is 3.78. The standard InChI is InChI=1S/C16H20N4O2S/c1-2-3-6-13-23(21,22)19-11-8-14(9-12-19)16-18-17-15-7-4-5-10-20(15)16/h1,4-5,7,10,14H,3,6,8-9,11-13H2. The van der Waals surface area contributed by atoms with Crippen LogP contribution in [0.15, 0.2) is 24.4 Å².